The largest absolute Gasteiger partial charge is 0.393 e. The number of aliphatic hydroxyl groups is 1. The lowest BCUT2D eigenvalue weighted by Gasteiger charge is -2.20. The Morgan fingerprint density at radius 1 is 1.00 bits per heavy atom. The zero-order valence-electron chi connectivity index (χ0n) is 9.76. The molecule has 1 N–H and O–H groups in total. The van der Waals surface area contributed by atoms with E-state index in [4.69, 9.17) is 0 Å². The number of aliphatic hydroxyl groups excluding tert-OH is 1. The van der Waals surface area contributed by atoms with Gasteiger partial charge in [-0.2, -0.15) is 0 Å². The molecule has 1 aromatic carbocycles. The Labute approximate surface area is 86.8 Å². The van der Waals surface area contributed by atoms with Crippen molar-refractivity contribution in [1.82, 2.24) is 0 Å². The lowest BCUT2D eigenvalue weighted by atomic mass is 9.88. The van der Waals surface area contributed by atoms with Gasteiger partial charge in [0.2, 0.25) is 0 Å². The number of benzene rings is 1. The minimum atomic E-state index is -0.282. The van der Waals surface area contributed by atoms with Gasteiger partial charge in [0.1, 0.15) is 0 Å². The maximum absolute atomic E-state index is 9.59. The predicted molar refractivity (Wildman–Crippen MR) is 60.7 cm³/mol. The van der Waals surface area contributed by atoms with Gasteiger partial charge in [-0.15, -0.1) is 0 Å². The lowest BCUT2D eigenvalue weighted by Crippen LogP contribution is -2.13. The Bertz CT molecular complexity index is 303. The molecule has 0 aliphatic heterocycles. The van der Waals surface area contributed by atoms with Crippen LogP contribution in [0.3, 0.4) is 0 Å². The average molecular weight is 192 g/mol. The predicted octanol–water partition coefficient (Wildman–Crippen LogP) is 3.10. The van der Waals surface area contributed by atoms with Gasteiger partial charge >= 0.3 is 0 Å². The van der Waals surface area contributed by atoms with Gasteiger partial charge in [0.15, 0.2) is 0 Å². The molecular weight excluding hydrogens is 172 g/mol. The van der Waals surface area contributed by atoms with E-state index >= 15 is 0 Å². The maximum atomic E-state index is 9.59. The fourth-order valence-corrected chi connectivity index (χ4v) is 2.15. The summed E-state index contributed by atoms with van der Waals surface area (Å²) in [4.78, 5) is 0. The Hall–Kier alpha value is -0.820. The van der Waals surface area contributed by atoms with E-state index in [0.29, 0.717) is 0 Å². The summed E-state index contributed by atoms with van der Waals surface area (Å²) in [6, 6.07) is 4.36. The van der Waals surface area contributed by atoms with Crippen LogP contribution in [-0.2, 0) is 0 Å². The average Bonchev–Trinajstić information content (AvgIpc) is 2.01. The molecule has 2 unspecified atom stereocenters. The van der Waals surface area contributed by atoms with Crippen molar-refractivity contribution in [3.05, 3.63) is 34.4 Å². The van der Waals surface area contributed by atoms with E-state index in [-0.39, 0.29) is 12.0 Å². The van der Waals surface area contributed by atoms with Crippen molar-refractivity contribution in [3.8, 4) is 0 Å². The minimum Gasteiger partial charge on any atom is -0.393 e. The molecule has 78 valence electrons. The van der Waals surface area contributed by atoms with Crippen molar-refractivity contribution < 1.29 is 5.11 Å². The molecule has 0 aromatic heterocycles. The standard InChI is InChI=1S/C13H20O/c1-8-6-9(2)13(10(3)7-8)11(4)12(5)14/h6-7,11-12,14H,1-5H3. The monoisotopic (exact) mass is 192 g/mol. The summed E-state index contributed by atoms with van der Waals surface area (Å²) in [6.45, 7) is 10.3. The smallest absolute Gasteiger partial charge is 0.0578 e. The molecular formula is C13H20O. The number of rotatable bonds is 2. The van der Waals surface area contributed by atoms with Crippen LogP contribution >= 0.6 is 0 Å². The lowest BCUT2D eigenvalue weighted by molar-refractivity contribution is 0.168. The second kappa shape index (κ2) is 4.14. The van der Waals surface area contributed by atoms with E-state index < -0.39 is 0 Å². The first-order valence-electron chi connectivity index (χ1n) is 5.19. The van der Waals surface area contributed by atoms with Crippen molar-refractivity contribution in [2.45, 2.75) is 46.6 Å². The quantitative estimate of drug-likeness (QED) is 0.763. The van der Waals surface area contributed by atoms with Crippen LogP contribution in [0.25, 0.3) is 0 Å². The first kappa shape index (κ1) is 11.3. The van der Waals surface area contributed by atoms with E-state index in [1.807, 2.05) is 6.92 Å². The van der Waals surface area contributed by atoms with Crippen molar-refractivity contribution >= 4 is 0 Å². The van der Waals surface area contributed by atoms with Crippen molar-refractivity contribution in [2.24, 2.45) is 0 Å². The Morgan fingerprint density at radius 3 is 1.79 bits per heavy atom. The molecule has 0 radical (unpaired) electrons. The van der Waals surface area contributed by atoms with Gasteiger partial charge in [0.05, 0.1) is 6.10 Å². The van der Waals surface area contributed by atoms with Gasteiger partial charge in [-0.25, -0.2) is 0 Å². The summed E-state index contributed by atoms with van der Waals surface area (Å²) < 4.78 is 0. The first-order valence-corrected chi connectivity index (χ1v) is 5.19. The summed E-state index contributed by atoms with van der Waals surface area (Å²) in [5.74, 6) is 0.218. The van der Waals surface area contributed by atoms with Crippen LogP contribution in [0.15, 0.2) is 12.1 Å². The van der Waals surface area contributed by atoms with Gasteiger partial charge in [-0.1, -0.05) is 24.6 Å². The number of hydrogen-bond donors (Lipinski definition) is 1. The van der Waals surface area contributed by atoms with E-state index in [1.54, 1.807) is 0 Å². The summed E-state index contributed by atoms with van der Waals surface area (Å²) >= 11 is 0. The SMILES string of the molecule is Cc1cc(C)c(C(C)C(C)O)c(C)c1. The molecule has 0 aliphatic carbocycles. The number of aryl methyl sites for hydroxylation is 3. The van der Waals surface area contributed by atoms with Crippen LogP contribution in [0.2, 0.25) is 0 Å². The van der Waals surface area contributed by atoms with Crippen LogP contribution in [0.4, 0.5) is 0 Å². The summed E-state index contributed by atoms with van der Waals surface area (Å²) in [7, 11) is 0. The molecule has 1 heteroatoms. The molecule has 0 saturated heterocycles. The molecule has 14 heavy (non-hydrogen) atoms. The summed E-state index contributed by atoms with van der Waals surface area (Å²) in [5.41, 5.74) is 5.17. The van der Waals surface area contributed by atoms with Crippen LogP contribution in [0.5, 0.6) is 0 Å². The van der Waals surface area contributed by atoms with Gasteiger partial charge in [-0.3, -0.25) is 0 Å². The van der Waals surface area contributed by atoms with Crippen LogP contribution < -0.4 is 0 Å². The van der Waals surface area contributed by atoms with E-state index in [9.17, 15) is 5.11 Å². The Morgan fingerprint density at radius 2 is 1.43 bits per heavy atom. The molecule has 1 nitrogen and oxygen atoms in total. The molecule has 0 aliphatic rings. The molecule has 0 amide bonds. The zero-order valence-corrected chi connectivity index (χ0v) is 9.76. The molecule has 0 saturated carbocycles. The Kier molecular flexibility index (Phi) is 3.33. The third-order valence-electron chi connectivity index (χ3n) is 2.92. The van der Waals surface area contributed by atoms with Gasteiger partial charge < -0.3 is 5.11 Å². The van der Waals surface area contributed by atoms with E-state index in [1.165, 1.54) is 22.3 Å². The summed E-state index contributed by atoms with van der Waals surface area (Å²) in [6.07, 6.45) is -0.282. The third-order valence-corrected chi connectivity index (χ3v) is 2.92. The molecule has 1 aromatic rings. The fraction of sp³-hybridized carbons (Fsp3) is 0.538. The molecule has 0 heterocycles. The second-order valence-corrected chi connectivity index (χ2v) is 4.34. The molecule has 2 atom stereocenters. The zero-order chi connectivity index (χ0) is 10.9. The highest BCUT2D eigenvalue weighted by atomic mass is 16.3. The Balaban J connectivity index is 3.20. The highest BCUT2D eigenvalue weighted by Gasteiger charge is 2.16. The topological polar surface area (TPSA) is 20.2 Å². The normalized spacial score (nSPS) is 15.3. The van der Waals surface area contributed by atoms with Crippen LogP contribution in [0.1, 0.15) is 42.0 Å². The highest BCUT2D eigenvalue weighted by molar-refractivity contribution is 5.40. The van der Waals surface area contributed by atoms with E-state index in [0.717, 1.165) is 0 Å². The molecule has 0 fully saturated rings. The second-order valence-electron chi connectivity index (χ2n) is 4.34. The van der Waals surface area contributed by atoms with E-state index in [2.05, 4.69) is 39.8 Å². The fourth-order valence-electron chi connectivity index (χ4n) is 2.15. The highest BCUT2D eigenvalue weighted by Crippen LogP contribution is 2.27. The molecule has 0 bridgehead atoms. The third kappa shape index (κ3) is 2.16. The minimum absolute atomic E-state index is 0.218. The molecule has 0 spiro atoms. The van der Waals surface area contributed by atoms with Gasteiger partial charge in [-0.05, 0) is 44.4 Å². The van der Waals surface area contributed by atoms with Crippen LogP contribution in [-0.4, -0.2) is 11.2 Å². The maximum Gasteiger partial charge on any atom is 0.0578 e. The van der Waals surface area contributed by atoms with Gasteiger partial charge in [0, 0.05) is 5.92 Å². The van der Waals surface area contributed by atoms with Crippen LogP contribution in [0, 0.1) is 20.8 Å². The molecule has 1 rings (SSSR count). The number of hydrogen-bond acceptors (Lipinski definition) is 1. The summed E-state index contributed by atoms with van der Waals surface area (Å²) in [5, 5.41) is 9.59. The van der Waals surface area contributed by atoms with Crippen molar-refractivity contribution in [2.75, 3.05) is 0 Å². The van der Waals surface area contributed by atoms with Gasteiger partial charge in [0.25, 0.3) is 0 Å². The van der Waals surface area contributed by atoms with Crippen molar-refractivity contribution in [1.29, 1.82) is 0 Å². The first-order chi connectivity index (χ1) is 6.43. The van der Waals surface area contributed by atoms with Crippen molar-refractivity contribution in [3.63, 3.8) is 0 Å².